The zero-order valence-electron chi connectivity index (χ0n) is 8.00. The van der Waals surface area contributed by atoms with Gasteiger partial charge in [0, 0.05) is 19.1 Å². The summed E-state index contributed by atoms with van der Waals surface area (Å²) >= 11 is 0. The third kappa shape index (κ3) is 1.27. The van der Waals surface area contributed by atoms with E-state index in [4.69, 9.17) is 5.73 Å². The first-order valence-electron chi connectivity index (χ1n) is 5.23. The van der Waals surface area contributed by atoms with Gasteiger partial charge in [-0.2, -0.15) is 0 Å². The fraction of sp³-hybridized carbons (Fsp3) is 1.00. The van der Waals surface area contributed by atoms with Crippen molar-refractivity contribution in [1.82, 2.24) is 4.90 Å². The van der Waals surface area contributed by atoms with E-state index in [0.29, 0.717) is 6.04 Å². The highest BCUT2D eigenvalue weighted by Crippen LogP contribution is 2.39. The number of hydrogen-bond donors (Lipinski definition) is 1. The van der Waals surface area contributed by atoms with E-state index < -0.39 is 0 Å². The van der Waals surface area contributed by atoms with Crippen LogP contribution in [0.1, 0.15) is 25.7 Å². The Morgan fingerprint density at radius 1 is 1.33 bits per heavy atom. The van der Waals surface area contributed by atoms with Gasteiger partial charge in [0.25, 0.3) is 0 Å². The first-order valence-corrected chi connectivity index (χ1v) is 5.23. The Labute approximate surface area is 75.1 Å². The Morgan fingerprint density at radius 3 is 2.83 bits per heavy atom. The Balaban J connectivity index is 2.05. The van der Waals surface area contributed by atoms with Gasteiger partial charge in [0.15, 0.2) is 0 Å². The molecule has 1 saturated heterocycles. The summed E-state index contributed by atoms with van der Waals surface area (Å²) in [6.07, 6.45) is 5.76. The Morgan fingerprint density at radius 2 is 2.08 bits per heavy atom. The second-order valence-corrected chi connectivity index (χ2v) is 4.45. The van der Waals surface area contributed by atoms with Gasteiger partial charge in [-0.1, -0.05) is 12.8 Å². The first-order chi connectivity index (χ1) is 5.83. The number of likely N-dealkylation sites (tertiary alicyclic amines) is 1. The fourth-order valence-corrected chi connectivity index (χ4v) is 3.16. The van der Waals surface area contributed by atoms with Gasteiger partial charge < -0.3 is 10.6 Å². The van der Waals surface area contributed by atoms with Crippen LogP contribution in [0.2, 0.25) is 0 Å². The van der Waals surface area contributed by atoms with Crippen LogP contribution < -0.4 is 5.73 Å². The molecule has 0 spiro atoms. The molecule has 2 aliphatic rings. The average molecular weight is 168 g/mol. The Bertz CT molecular complexity index is 158. The van der Waals surface area contributed by atoms with Gasteiger partial charge in [-0.15, -0.1) is 0 Å². The van der Waals surface area contributed by atoms with Crippen LogP contribution in [0.4, 0.5) is 0 Å². The lowest BCUT2D eigenvalue weighted by Crippen LogP contribution is -2.37. The number of nitrogens with two attached hydrogens (primary N) is 1. The standard InChI is InChI=1S/C10H20N2/c1-12-7-8-4-2-3-5-9(8)10(12)6-11/h8-10H,2-7,11H2,1H3. The summed E-state index contributed by atoms with van der Waals surface area (Å²) in [7, 11) is 2.23. The molecule has 2 N–H and O–H groups in total. The van der Waals surface area contributed by atoms with Crippen LogP contribution in [0.5, 0.6) is 0 Å². The molecule has 0 aromatic carbocycles. The predicted molar refractivity (Wildman–Crippen MR) is 50.9 cm³/mol. The second kappa shape index (κ2) is 3.35. The Hall–Kier alpha value is -0.0800. The van der Waals surface area contributed by atoms with Gasteiger partial charge in [-0.25, -0.2) is 0 Å². The molecule has 0 amide bonds. The van der Waals surface area contributed by atoms with Crippen LogP contribution >= 0.6 is 0 Å². The van der Waals surface area contributed by atoms with E-state index in [1.54, 1.807) is 0 Å². The van der Waals surface area contributed by atoms with Gasteiger partial charge in [0.2, 0.25) is 0 Å². The molecule has 3 atom stereocenters. The molecule has 0 aromatic rings. The van der Waals surface area contributed by atoms with Crippen LogP contribution in [-0.2, 0) is 0 Å². The van der Waals surface area contributed by atoms with Crippen LogP contribution in [0, 0.1) is 11.8 Å². The van der Waals surface area contributed by atoms with E-state index in [9.17, 15) is 0 Å². The summed E-state index contributed by atoms with van der Waals surface area (Å²) in [5.41, 5.74) is 5.79. The van der Waals surface area contributed by atoms with Crippen LogP contribution in [0.3, 0.4) is 0 Å². The summed E-state index contributed by atoms with van der Waals surface area (Å²) in [4.78, 5) is 2.47. The second-order valence-electron chi connectivity index (χ2n) is 4.45. The van der Waals surface area contributed by atoms with Crippen molar-refractivity contribution >= 4 is 0 Å². The third-order valence-corrected chi connectivity index (χ3v) is 3.79. The summed E-state index contributed by atoms with van der Waals surface area (Å²) in [5, 5.41) is 0. The fourth-order valence-electron chi connectivity index (χ4n) is 3.16. The van der Waals surface area contributed by atoms with Crippen molar-refractivity contribution < 1.29 is 0 Å². The molecule has 2 heteroatoms. The lowest BCUT2D eigenvalue weighted by molar-refractivity contribution is 0.241. The van der Waals surface area contributed by atoms with Gasteiger partial charge in [0.1, 0.15) is 0 Å². The highest BCUT2D eigenvalue weighted by molar-refractivity contribution is 4.93. The van der Waals surface area contributed by atoms with Gasteiger partial charge >= 0.3 is 0 Å². The predicted octanol–water partition coefficient (Wildman–Crippen LogP) is 1.07. The number of hydrogen-bond acceptors (Lipinski definition) is 2. The van der Waals surface area contributed by atoms with Crippen molar-refractivity contribution in [2.45, 2.75) is 31.7 Å². The summed E-state index contributed by atoms with van der Waals surface area (Å²) in [5.74, 6) is 1.89. The lowest BCUT2D eigenvalue weighted by Gasteiger charge is -2.28. The molecule has 1 aliphatic heterocycles. The van der Waals surface area contributed by atoms with Crippen molar-refractivity contribution in [3.05, 3.63) is 0 Å². The lowest BCUT2D eigenvalue weighted by atomic mass is 9.78. The highest BCUT2D eigenvalue weighted by atomic mass is 15.2. The molecule has 1 heterocycles. The molecule has 2 fully saturated rings. The summed E-state index contributed by atoms with van der Waals surface area (Å²) < 4.78 is 0. The molecule has 70 valence electrons. The normalized spacial score (nSPS) is 43.0. The van der Waals surface area contributed by atoms with Crippen molar-refractivity contribution in [2.75, 3.05) is 20.1 Å². The van der Waals surface area contributed by atoms with Gasteiger partial charge in [0.05, 0.1) is 0 Å². The first kappa shape index (κ1) is 8.52. The highest BCUT2D eigenvalue weighted by Gasteiger charge is 2.39. The van der Waals surface area contributed by atoms with E-state index in [1.807, 2.05) is 0 Å². The molecule has 1 saturated carbocycles. The molecule has 1 aliphatic carbocycles. The number of fused-ring (bicyclic) bond motifs is 1. The van der Waals surface area contributed by atoms with Crippen LogP contribution in [0.15, 0.2) is 0 Å². The molecule has 12 heavy (non-hydrogen) atoms. The molecular weight excluding hydrogens is 148 g/mol. The topological polar surface area (TPSA) is 29.3 Å². The van der Waals surface area contributed by atoms with Gasteiger partial charge in [-0.05, 0) is 31.7 Å². The molecule has 3 unspecified atom stereocenters. The van der Waals surface area contributed by atoms with E-state index in [1.165, 1.54) is 32.2 Å². The Kier molecular flexibility index (Phi) is 2.37. The third-order valence-electron chi connectivity index (χ3n) is 3.79. The SMILES string of the molecule is CN1CC2CCCCC2C1CN. The van der Waals surface area contributed by atoms with Crippen molar-refractivity contribution in [3.8, 4) is 0 Å². The molecule has 2 rings (SSSR count). The van der Waals surface area contributed by atoms with E-state index in [2.05, 4.69) is 11.9 Å². The minimum absolute atomic E-state index is 0.690. The summed E-state index contributed by atoms with van der Waals surface area (Å²) in [6, 6.07) is 0.690. The number of likely N-dealkylation sites (N-methyl/N-ethyl adjacent to an activating group) is 1. The monoisotopic (exact) mass is 168 g/mol. The largest absolute Gasteiger partial charge is 0.329 e. The molecular formula is C10H20N2. The minimum Gasteiger partial charge on any atom is -0.329 e. The van der Waals surface area contributed by atoms with Crippen LogP contribution in [0.25, 0.3) is 0 Å². The molecule has 0 radical (unpaired) electrons. The van der Waals surface area contributed by atoms with Gasteiger partial charge in [-0.3, -0.25) is 0 Å². The molecule has 0 bridgehead atoms. The maximum absolute atomic E-state index is 5.79. The average Bonchev–Trinajstić information content (AvgIpc) is 2.40. The quantitative estimate of drug-likeness (QED) is 0.634. The van der Waals surface area contributed by atoms with Crippen LogP contribution in [-0.4, -0.2) is 31.1 Å². The van der Waals surface area contributed by atoms with E-state index in [0.717, 1.165) is 18.4 Å². The molecule has 0 aromatic heterocycles. The van der Waals surface area contributed by atoms with Crippen molar-refractivity contribution in [1.29, 1.82) is 0 Å². The summed E-state index contributed by atoms with van der Waals surface area (Å²) in [6.45, 7) is 2.16. The zero-order chi connectivity index (χ0) is 8.55. The zero-order valence-corrected chi connectivity index (χ0v) is 8.00. The van der Waals surface area contributed by atoms with Crippen molar-refractivity contribution in [3.63, 3.8) is 0 Å². The minimum atomic E-state index is 0.690. The molecule has 2 nitrogen and oxygen atoms in total. The maximum Gasteiger partial charge on any atom is 0.0246 e. The smallest absolute Gasteiger partial charge is 0.0246 e. The van der Waals surface area contributed by atoms with E-state index in [-0.39, 0.29) is 0 Å². The number of rotatable bonds is 1. The maximum atomic E-state index is 5.79. The number of nitrogens with zero attached hydrogens (tertiary/aromatic N) is 1. The van der Waals surface area contributed by atoms with E-state index >= 15 is 0 Å². The van der Waals surface area contributed by atoms with Crippen molar-refractivity contribution in [2.24, 2.45) is 17.6 Å².